The minimum absolute atomic E-state index is 0.0437. The molecule has 0 aliphatic carbocycles. The second-order valence-corrected chi connectivity index (χ2v) is 6.43. The van der Waals surface area contributed by atoms with Crippen molar-refractivity contribution in [2.24, 2.45) is 5.92 Å². The van der Waals surface area contributed by atoms with E-state index in [2.05, 4.69) is 5.32 Å². The first kappa shape index (κ1) is 13.4. The van der Waals surface area contributed by atoms with E-state index in [1.165, 1.54) is 11.3 Å². The molecule has 0 saturated carbocycles. The van der Waals surface area contributed by atoms with Crippen LogP contribution >= 0.6 is 22.9 Å². The molecule has 0 spiro atoms. The number of rotatable bonds is 3. The SMILES string of the molecule is CC(C)C1C(=O)NCC(=O)N1Cc1ccc(Cl)s1. The van der Waals surface area contributed by atoms with Crippen LogP contribution in [0.4, 0.5) is 0 Å². The molecule has 1 aromatic rings. The normalized spacial score (nSPS) is 20.4. The topological polar surface area (TPSA) is 49.4 Å². The van der Waals surface area contributed by atoms with Crippen LogP contribution in [0.5, 0.6) is 0 Å². The number of nitrogens with zero attached hydrogens (tertiary/aromatic N) is 1. The van der Waals surface area contributed by atoms with Crippen LogP contribution in [0.15, 0.2) is 12.1 Å². The predicted octanol–water partition coefficient (Wildman–Crippen LogP) is 1.88. The number of piperazine rings is 1. The van der Waals surface area contributed by atoms with Gasteiger partial charge < -0.3 is 10.2 Å². The Balaban J connectivity index is 2.20. The molecule has 1 saturated heterocycles. The lowest BCUT2D eigenvalue weighted by Gasteiger charge is -2.36. The van der Waals surface area contributed by atoms with Crippen molar-refractivity contribution in [2.45, 2.75) is 26.4 Å². The van der Waals surface area contributed by atoms with Gasteiger partial charge in [-0.05, 0) is 18.1 Å². The number of thiophene rings is 1. The van der Waals surface area contributed by atoms with Crippen molar-refractivity contribution >= 4 is 34.8 Å². The van der Waals surface area contributed by atoms with E-state index in [0.29, 0.717) is 10.9 Å². The Labute approximate surface area is 115 Å². The van der Waals surface area contributed by atoms with E-state index in [9.17, 15) is 9.59 Å². The second kappa shape index (κ2) is 5.28. The monoisotopic (exact) mass is 286 g/mol. The third-order valence-corrected chi connectivity index (χ3v) is 4.14. The molecule has 0 bridgehead atoms. The van der Waals surface area contributed by atoms with Crippen LogP contribution in [-0.2, 0) is 16.1 Å². The summed E-state index contributed by atoms with van der Waals surface area (Å²) in [5.74, 6) is -0.0326. The fraction of sp³-hybridized carbons (Fsp3) is 0.500. The summed E-state index contributed by atoms with van der Waals surface area (Å²) in [5, 5.41) is 2.63. The van der Waals surface area contributed by atoms with Gasteiger partial charge in [-0.15, -0.1) is 11.3 Å². The molecule has 1 atom stereocenters. The van der Waals surface area contributed by atoms with Gasteiger partial charge in [0.2, 0.25) is 11.8 Å². The Kier molecular flexibility index (Phi) is 3.92. The fourth-order valence-corrected chi connectivity index (χ4v) is 3.21. The highest BCUT2D eigenvalue weighted by Gasteiger charge is 2.36. The van der Waals surface area contributed by atoms with Crippen molar-refractivity contribution in [2.75, 3.05) is 6.54 Å². The van der Waals surface area contributed by atoms with Gasteiger partial charge in [-0.3, -0.25) is 9.59 Å². The van der Waals surface area contributed by atoms with Crippen LogP contribution in [0.25, 0.3) is 0 Å². The van der Waals surface area contributed by atoms with Crippen molar-refractivity contribution < 1.29 is 9.59 Å². The molecule has 98 valence electrons. The minimum atomic E-state index is -0.396. The van der Waals surface area contributed by atoms with Gasteiger partial charge in [-0.2, -0.15) is 0 Å². The van der Waals surface area contributed by atoms with Crippen LogP contribution in [0.2, 0.25) is 4.34 Å². The molecule has 1 aliphatic rings. The Bertz CT molecular complexity index is 472. The molecule has 4 nitrogen and oxygen atoms in total. The van der Waals surface area contributed by atoms with Crippen molar-refractivity contribution in [3.8, 4) is 0 Å². The average molecular weight is 287 g/mol. The molecular weight excluding hydrogens is 272 g/mol. The molecule has 2 heterocycles. The molecule has 2 amide bonds. The van der Waals surface area contributed by atoms with Gasteiger partial charge in [-0.1, -0.05) is 25.4 Å². The zero-order chi connectivity index (χ0) is 13.3. The fourth-order valence-electron chi connectivity index (χ4n) is 2.12. The summed E-state index contributed by atoms with van der Waals surface area (Å²) in [4.78, 5) is 26.4. The lowest BCUT2D eigenvalue weighted by Crippen LogP contribution is -2.59. The standard InChI is InChI=1S/C12H15ClN2O2S/c1-7(2)11-12(17)14-5-10(16)15(11)6-8-3-4-9(13)18-8/h3-4,7,11H,5-6H2,1-2H3,(H,14,17). The summed E-state index contributed by atoms with van der Waals surface area (Å²) < 4.78 is 0.694. The highest BCUT2D eigenvalue weighted by Crippen LogP contribution is 2.25. The molecule has 1 N–H and O–H groups in total. The molecule has 18 heavy (non-hydrogen) atoms. The van der Waals surface area contributed by atoms with E-state index < -0.39 is 6.04 Å². The quantitative estimate of drug-likeness (QED) is 0.922. The average Bonchev–Trinajstić information content (AvgIpc) is 2.69. The number of halogens is 1. The maximum absolute atomic E-state index is 11.9. The van der Waals surface area contributed by atoms with E-state index in [0.717, 1.165) is 4.88 Å². The lowest BCUT2D eigenvalue weighted by atomic mass is 9.99. The molecule has 1 aliphatic heterocycles. The second-order valence-electron chi connectivity index (χ2n) is 4.63. The molecule has 2 rings (SSSR count). The summed E-state index contributed by atoms with van der Waals surface area (Å²) >= 11 is 7.32. The van der Waals surface area contributed by atoms with Crippen LogP contribution in [0.1, 0.15) is 18.7 Å². The molecule has 6 heteroatoms. The Morgan fingerprint density at radius 3 is 2.78 bits per heavy atom. The smallest absolute Gasteiger partial charge is 0.243 e. The summed E-state index contributed by atoms with van der Waals surface area (Å²) in [6.07, 6.45) is 0. The number of carbonyl (C=O) groups is 2. The van der Waals surface area contributed by atoms with Gasteiger partial charge in [0.05, 0.1) is 17.4 Å². The van der Waals surface area contributed by atoms with E-state index >= 15 is 0 Å². The summed E-state index contributed by atoms with van der Waals surface area (Å²) in [7, 11) is 0. The van der Waals surface area contributed by atoms with E-state index in [1.807, 2.05) is 19.9 Å². The van der Waals surface area contributed by atoms with Crippen molar-refractivity contribution in [1.82, 2.24) is 10.2 Å². The minimum Gasteiger partial charge on any atom is -0.345 e. The Hall–Kier alpha value is -1.07. The third-order valence-electron chi connectivity index (χ3n) is 2.93. The van der Waals surface area contributed by atoms with E-state index in [1.54, 1.807) is 11.0 Å². The van der Waals surface area contributed by atoms with E-state index in [4.69, 9.17) is 11.6 Å². The van der Waals surface area contributed by atoms with Gasteiger partial charge in [0.25, 0.3) is 0 Å². The zero-order valence-corrected chi connectivity index (χ0v) is 11.8. The third kappa shape index (κ3) is 2.67. The van der Waals surface area contributed by atoms with Gasteiger partial charge in [0, 0.05) is 4.88 Å². The van der Waals surface area contributed by atoms with Crippen LogP contribution in [0, 0.1) is 5.92 Å². The molecule has 1 unspecified atom stereocenters. The first-order valence-electron chi connectivity index (χ1n) is 5.80. The predicted molar refractivity (Wildman–Crippen MR) is 71.5 cm³/mol. The molecule has 1 aromatic heterocycles. The van der Waals surface area contributed by atoms with Gasteiger partial charge in [0.1, 0.15) is 6.04 Å². The maximum atomic E-state index is 11.9. The largest absolute Gasteiger partial charge is 0.345 e. The number of nitrogens with one attached hydrogen (secondary N) is 1. The number of amides is 2. The lowest BCUT2D eigenvalue weighted by molar-refractivity contribution is -0.148. The van der Waals surface area contributed by atoms with Crippen LogP contribution in [0.3, 0.4) is 0 Å². The molecule has 0 aromatic carbocycles. The number of hydrogen-bond donors (Lipinski definition) is 1. The van der Waals surface area contributed by atoms with Crippen molar-refractivity contribution in [1.29, 1.82) is 0 Å². The molecule has 1 fully saturated rings. The molecular formula is C12H15ClN2O2S. The summed E-state index contributed by atoms with van der Waals surface area (Å²) in [6.45, 7) is 4.42. The van der Waals surface area contributed by atoms with Crippen molar-refractivity contribution in [3.63, 3.8) is 0 Å². The summed E-state index contributed by atoms with van der Waals surface area (Å²) in [6, 6.07) is 3.30. The molecule has 0 radical (unpaired) electrons. The number of carbonyl (C=O) groups excluding carboxylic acids is 2. The van der Waals surface area contributed by atoms with Gasteiger partial charge in [-0.25, -0.2) is 0 Å². The van der Waals surface area contributed by atoms with E-state index in [-0.39, 0.29) is 24.3 Å². The highest BCUT2D eigenvalue weighted by atomic mass is 35.5. The van der Waals surface area contributed by atoms with Gasteiger partial charge in [0.15, 0.2) is 0 Å². The summed E-state index contributed by atoms with van der Waals surface area (Å²) in [5.41, 5.74) is 0. The number of hydrogen-bond acceptors (Lipinski definition) is 3. The first-order chi connectivity index (χ1) is 8.49. The van der Waals surface area contributed by atoms with Crippen LogP contribution in [-0.4, -0.2) is 29.3 Å². The first-order valence-corrected chi connectivity index (χ1v) is 7.00. The van der Waals surface area contributed by atoms with Gasteiger partial charge >= 0.3 is 0 Å². The van der Waals surface area contributed by atoms with Crippen molar-refractivity contribution in [3.05, 3.63) is 21.3 Å². The zero-order valence-electron chi connectivity index (χ0n) is 10.3. The Morgan fingerprint density at radius 1 is 1.50 bits per heavy atom. The maximum Gasteiger partial charge on any atom is 0.243 e. The Morgan fingerprint density at radius 2 is 2.22 bits per heavy atom. The van der Waals surface area contributed by atoms with Crippen LogP contribution < -0.4 is 5.32 Å². The highest BCUT2D eigenvalue weighted by molar-refractivity contribution is 7.16.